The van der Waals surface area contributed by atoms with Gasteiger partial charge in [0.05, 0.1) is 7.11 Å². The summed E-state index contributed by atoms with van der Waals surface area (Å²) in [6.07, 6.45) is 2.49. The number of methoxy groups -OCH3 is 1. The molecule has 1 fully saturated rings. The number of nitrogens with one attached hydrogen (secondary N) is 1. The molecule has 0 aromatic heterocycles. The average Bonchev–Trinajstić information content (AvgIpc) is 2.33. The van der Waals surface area contributed by atoms with Crippen LogP contribution in [0.5, 0.6) is 5.75 Å². The molecule has 2 rings (SSSR count). The van der Waals surface area contributed by atoms with Gasteiger partial charge in [-0.25, -0.2) is 0 Å². The number of hydrogen-bond acceptors (Lipinski definition) is 2. The molecule has 0 bridgehead atoms. The van der Waals surface area contributed by atoms with E-state index in [9.17, 15) is 0 Å². The van der Waals surface area contributed by atoms with Crippen molar-refractivity contribution in [2.24, 2.45) is 0 Å². The highest BCUT2D eigenvalue weighted by Crippen LogP contribution is 2.36. The molecule has 1 aromatic carbocycles. The van der Waals surface area contributed by atoms with Crippen LogP contribution in [0.15, 0.2) is 24.3 Å². The standard InChI is InChI=1S/C14H21NO/c1-11-14(2,8-5-9-15-11)12-6-4-7-13(10-12)16-3/h4,6-7,10-11,15H,5,8-9H2,1-3H3. The van der Waals surface area contributed by atoms with E-state index in [-0.39, 0.29) is 5.41 Å². The van der Waals surface area contributed by atoms with Crippen LogP contribution in [0.3, 0.4) is 0 Å². The largest absolute Gasteiger partial charge is 0.497 e. The first-order valence-electron chi connectivity index (χ1n) is 6.05. The van der Waals surface area contributed by atoms with Crippen molar-refractivity contribution in [1.82, 2.24) is 5.32 Å². The zero-order valence-electron chi connectivity index (χ0n) is 10.4. The average molecular weight is 219 g/mol. The maximum absolute atomic E-state index is 5.31. The Hall–Kier alpha value is -1.02. The summed E-state index contributed by atoms with van der Waals surface area (Å²) in [5.41, 5.74) is 1.61. The summed E-state index contributed by atoms with van der Waals surface area (Å²) < 4.78 is 5.31. The molecule has 0 amide bonds. The van der Waals surface area contributed by atoms with Gasteiger partial charge in [0.25, 0.3) is 0 Å². The van der Waals surface area contributed by atoms with Gasteiger partial charge in [0.15, 0.2) is 0 Å². The van der Waals surface area contributed by atoms with Gasteiger partial charge in [-0.3, -0.25) is 0 Å². The first-order chi connectivity index (χ1) is 7.66. The summed E-state index contributed by atoms with van der Waals surface area (Å²) in [5, 5.41) is 3.57. The van der Waals surface area contributed by atoms with Gasteiger partial charge in [-0.2, -0.15) is 0 Å². The van der Waals surface area contributed by atoms with Crippen molar-refractivity contribution < 1.29 is 4.74 Å². The van der Waals surface area contributed by atoms with Crippen LogP contribution < -0.4 is 10.1 Å². The fourth-order valence-corrected chi connectivity index (χ4v) is 2.59. The van der Waals surface area contributed by atoms with E-state index in [0.29, 0.717) is 6.04 Å². The Kier molecular flexibility index (Phi) is 3.20. The number of piperidine rings is 1. The molecule has 1 aliphatic rings. The van der Waals surface area contributed by atoms with Gasteiger partial charge >= 0.3 is 0 Å². The van der Waals surface area contributed by atoms with Crippen molar-refractivity contribution in [3.05, 3.63) is 29.8 Å². The van der Waals surface area contributed by atoms with Crippen LogP contribution in [0.4, 0.5) is 0 Å². The normalized spacial score (nSPS) is 30.1. The molecule has 2 atom stereocenters. The van der Waals surface area contributed by atoms with Crippen LogP contribution in [0.1, 0.15) is 32.3 Å². The predicted octanol–water partition coefficient (Wildman–Crippen LogP) is 2.72. The van der Waals surface area contributed by atoms with Gasteiger partial charge in [-0.1, -0.05) is 19.1 Å². The SMILES string of the molecule is COc1cccc(C2(C)CCCNC2C)c1. The minimum atomic E-state index is 0.229. The molecule has 2 nitrogen and oxygen atoms in total. The van der Waals surface area contributed by atoms with E-state index >= 15 is 0 Å². The van der Waals surface area contributed by atoms with Crippen molar-refractivity contribution in [2.75, 3.05) is 13.7 Å². The lowest BCUT2D eigenvalue weighted by molar-refractivity contribution is 0.260. The van der Waals surface area contributed by atoms with Crippen LogP contribution in [0.2, 0.25) is 0 Å². The fourth-order valence-electron chi connectivity index (χ4n) is 2.59. The Morgan fingerprint density at radius 3 is 2.94 bits per heavy atom. The monoisotopic (exact) mass is 219 g/mol. The van der Waals surface area contributed by atoms with Gasteiger partial charge in [-0.15, -0.1) is 0 Å². The second-order valence-electron chi connectivity index (χ2n) is 4.93. The van der Waals surface area contributed by atoms with Crippen molar-refractivity contribution in [2.45, 2.75) is 38.1 Å². The predicted molar refractivity (Wildman–Crippen MR) is 67.0 cm³/mol. The summed E-state index contributed by atoms with van der Waals surface area (Å²) in [6, 6.07) is 9.00. The number of ether oxygens (including phenoxy) is 1. The molecule has 88 valence electrons. The quantitative estimate of drug-likeness (QED) is 0.825. The summed E-state index contributed by atoms with van der Waals surface area (Å²) >= 11 is 0. The third-order valence-electron chi connectivity index (χ3n) is 4.01. The van der Waals surface area contributed by atoms with Crippen molar-refractivity contribution in [3.63, 3.8) is 0 Å². The summed E-state index contributed by atoms with van der Waals surface area (Å²) in [5.74, 6) is 0.955. The van der Waals surface area contributed by atoms with E-state index in [4.69, 9.17) is 4.74 Å². The van der Waals surface area contributed by atoms with Crippen LogP contribution in [-0.4, -0.2) is 19.7 Å². The van der Waals surface area contributed by atoms with Gasteiger partial charge in [-0.05, 0) is 44.0 Å². The van der Waals surface area contributed by atoms with Crippen LogP contribution in [0.25, 0.3) is 0 Å². The van der Waals surface area contributed by atoms with Crippen LogP contribution in [-0.2, 0) is 5.41 Å². The highest BCUT2D eigenvalue weighted by molar-refractivity contribution is 5.35. The third kappa shape index (κ3) is 1.94. The Balaban J connectivity index is 2.33. The second-order valence-corrected chi connectivity index (χ2v) is 4.93. The van der Waals surface area contributed by atoms with Crippen molar-refractivity contribution >= 4 is 0 Å². The lowest BCUT2D eigenvalue weighted by Crippen LogP contribution is -2.49. The number of rotatable bonds is 2. The Bertz CT molecular complexity index is 364. The third-order valence-corrected chi connectivity index (χ3v) is 4.01. The van der Waals surface area contributed by atoms with Crippen molar-refractivity contribution in [1.29, 1.82) is 0 Å². The molecule has 1 N–H and O–H groups in total. The molecule has 0 saturated carbocycles. The van der Waals surface area contributed by atoms with E-state index in [0.717, 1.165) is 12.3 Å². The topological polar surface area (TPSA) is 21.3 Å². The minimum Gasteiger partial charge on any atom is -0.497 e. The smallest absolute Gasteiger partial charge is 0.119 e. The zero-order chi connectivity index (χ0) is 11.6. The number of benzene rings is 1. The van der Waals surface area contributed by atoms with E-state index < -0.39 is 0 Å². The van der Waals surface area contributed by atoms with E-state index in [1.54, 1.807) is 7.11 Å². The molecule has 0 radical (unpaired) electrons. The van der Waals surface area contributed by atoms with Crippen LogP contribution in [0, 0.1) is 0 Å². The first kappa shape index (κ1) is 11.5. The molecule has 16 heavy (non-hydrogen) atoms. The van der Waals surface area contributed by atoms with E-state index in [2.05, 4.69) is 37.4 Å². The lowest BCUT2D eigenvalue weighted by Gasteiger charge is -2.41. The fraction of sp³-hybridized carbons (Fsp3) is 0.571. The zero-order valence-corrected chi connectivity index (χ0v) is 10.4. The molecule has 0 aliphatic carbocycles. The first-order valence-corrected chi connectivity index (χ1v) is 6.05. The molecular formula is C14H21NO. The van der Waals surface area contributed by atoms with Gasteiger partial charge < -0.3 is 10.1 Å². The molecule has 1 aliphatic heterocycles. The minimum absolute atomic E-state index is 0.229. The van der Waals surface area contributed by atoms with Gasteiger partial charge in [0.1, 0.15) is 5.75 Å². The highest BCUT2D eigenvalue weighted by atomic mass is 16.5. The highest BCUT2D eigenvalue weighted by Gasteiger charge is 2.35. The van der Waals surface area contributed by atoms with Crippen molar-refractivity contribution in [3.8, 4) is 5.75 Å². The molecule has 0 spiro atoms. The molecule has 1 saturated heterocycles. The van der Waals surface area contributed by atoms with E-state index in [1.807, 2.05) is 6.07 Å². The van der Waals surface area contributed by atoms with Gasteiger partial charge in [0, 0.05) is 11.5 Å². The maximum atomic E-state index is 5.31. The Labute approximate surface area is 98.0 Å². The molecular weight excluding hydrogens is 198 g/mol. The summed E-state index contributed by atoms with van der Waals surface area (Å²) in [7, 11) is 1.73. The second kappa shape index (κ2) is 4.46. The lowest BCUT2D eigenvalue weighted by atomic mass is 9.71. The Morgan fingerprint density at radius 2 is 2.25 bits per heavy atom. The molecule has 2 unspecified atom stereocenters. The Morgan fingerprint density at radius 1 is 1.44 bits per heavy atom. The van der Waals surface area contributed by atoms with E-state index in [1.165, 1.54) is 18.4 Å². The summed E-state index contributed by atoms with van der Waals surface area (Å²) in [4.78, 5) is 0. The molecule has 1 heterocycles. The maximum Gasteiger partial charge on any atom is 0.119 e. The van der Waals surface area contributed by atoms with Crippen LogP contribution >= 0.6 is 0 Å². The van der Waals surface area contributed by atoms with Gasteiger partial charge in [0.2, 0.25) is 0 Å². The molecule has 1 aromatic rings. The number of hydrogen-bond donors (Lipinski definition) is 1. The summed E-state index contributed by atoms with van der Waals surface area (Å²) in [6.45, 7) is 5.76. The molecule has 2 heteroatoms.